The molecule has 0 bridgehead atoms. The second-order valence-corrected chi connectivity index (χ2v) is 8.76. The molecule has 10 heteroatoms. The Morgan fingerprint density at radius 3 is 1.90 bits per heavy atom. The van der Waals surface area contributed by atoms with Gasteiger partial charge in [0.05, 0.1) is 18.0 Å². The van der Waals surface area contributed by atoms with E-state index in [1.54, 1.807) is 36.4 Å². The van der Waals surface area contributed by atoms with Crippen molar-refractivity contribution in [2.24, 2.45) is 0 Å². The maximum atomic E-state index is 12.5. The van der Waals surface area contributed by atoms with Crippen LogP contribution in [0.5, 0.6) is 0 Å². The molecule has 2 aromatic carbocycles. The van der Waals surface area contributed by atoms with E-state index in [0.717, 1.165) is 15.4 Å². The van der Waals surface area contributed by atoms with Crippen molar-refractivity contribution in [3.8, 4) is 0 Å². The third kappa shape index (κ3) is 6.39. The van der Waals surface area contributed by atoms with Gasteiger partial charge < -0.3 is 5.32 Å². The van der Waals surface area contributed by atoms with E-state index in [9.17, 15) is 22.8 Å². The van der Waals surface area contributed by atoms with Crippen LogP contribution in [0.4, 0.5) is 0 Å². The summed E-state index contributed by atoms with van der Waals surface area (Å²) in [6.45, 7) is 2.87. The highest BCUT2D eigenvalue weighted by Gasteiger charge is 2.23. The van der Waals surface area contributed by atoms with Crippen molar-refractivity contribution >= 4 is 27.7 Å². The number of rotatable bonds is 7. The summed E-state index contributed by atoms with van der Waals surface area (Å²) in [5.74, 6) is -1.82. The number of hydrogen-bond donors (Lipinski definition) is 3. The zero-order valence-corrected chi connectivity index (χ0v) is 17.7. The molecule has 0 aromatic heterocycles. The molecule has 0 saturated heterocycles. The predicted molar refractivity (Wildman–Crippen MR) is 111 cm³/mol. The van der Waals surface area contributed by atoms with Gasteiger partial charge in [-0.1, -0.05) is 35.4 Å². The average molecular weight is 433 g/mol. The van der Waals surface area contributed by atoms with Gasteiger partial charge in [0.2, 0.25) is 10.0 Å². The Kier molecular flexibility index (Phi) is 7.67. The Hall–Kier alpha value is -3.24. The molecule has 0 saturated carbocycles. The van der Waals surface area contributed by atoms with Gasteiger partial charge in [0.25, 0.3) is 17.7 Å². The number of carbonyl (C=O) groups excluding carboxylic acids is 3. The first kappa shape index (κ1) is 23.0. The molecule has 0 aliphatic carbocycles. The van der Waals surface area contributed by atoms with E-state index in [2.05, 4.69) is 16.2 Å². The Morgan fingerprint density at radius 1 is 0.833 bits per heavy atom. The summed E-state index contributed by atoms with van der Waals surface area (Å²) in [6, 6.07) is 13.0. The average Bonchev–Trinajstić information content (AvgIpc) is 2.71. The van der Waals surface area contributed by atoms with Gasteiger partial charge in [0.1, 0.15) is 0 Å². The number of aryl methyl sites for hydroxylation is 2. The van der Waals surface area contributed by atoms with Gasteiger partial charge in [-0.2, -0.15) is 4.31 Å². The first-order valence-corrected chi connectivity index (χ1v) is 10.5. The Bertz CT molecular complexity index is 1020. The molecular formula is C20H24N4O5S. The van der Waals surface area contributed by atoms with Gasteiger partial charge in [-0.15, -0.1) is 0 Å². The summed E-state index contributed by atoms with van der Waals surface area (Å²) in [5.41, 5.74) is 6.56. The van der Waals surface area contributed by atoms with Gasteiger partial charge in [0, 0.05) is 12.6 Å². The van der Waals surface area contributed by atoms with E-state index in [0.29, 0.717) is 5.56 Å². The number of nitrogens with one attached hydrogen (secondary N) is 3. The van der Waals surface area contributed by atoms with Gasteiger partial charge in [-0.05, 0) is 38.1 Å². The Balaban J connectivity index is 1.79. The van der Waals surface area contributed by atoms with Gasteiger partial charge in [-0.3, -0.25) is 25.2 Å². The van der Waals surface area contributed by atoms with Crippen LogP contribution in [0.15, 0.2) is 53.4 Å². The molecule has 3 amide bonds. The largest absolute Gasteiger partial charge is 0.343 e. The van der Waals surface area contributed by atoms with Crippen molar-refractivity contribution in [2.45, 2.75) is 18.7 Å². The van der Waals surface area contributed by atoms with Crippen LogP contribution in [0.2, 0.25) is 0 Å². The minimum atomic E-state index is -3.84. The molecule has 0 atom stereocenters. The van der Waals surface area contributed by atoms with Crippen LogP contribution in [0.1, 0.15) is 21.5 Å². The number of hydrazine groups is 1. The first-order chi connectivity index (χ1) is 14.1. The third-order valence-electron chi connectivity index (χ3n) is 4.16. The standard InChI is InChI=1S/C20H24N4O5S/c1-14-4-8-16(9-5-14)20(27)21-12-18(25)22-23-19(26)13-24(3)30(28,29)17-10-6-15(2)7-11-17/h4-11H,12-13H2,1-3H3,(H,21,27)(H,22,25)(H,23,26). The highest BCUT2D eigenvalue weighted by Crippen LogP contribution is 2.14. The molecule has 3 N–H and O–H groups in total. The van der Waals surface area contributed by atoms with Gasteiger partial charge in [0.15, 0.2) is 0 Å². The minimum absolute atomic E-state index is 0.0613. The number of carbonyl (C=O) groups is 3. The minimum Gasteiger partial charge on any atom is -0.343 e. The molecule has 160 valence electrons. The predicted octanol–water partition coefficient (Wildman–Crippen LogP) is 0.501. The molecule has 9 nitrogen and oxygen atoms in total. The second kappa shape index (κ2) is 9.99. The lowest BCUT2D eigenvalue weighted by atomic mass is 10.1. The molecule has 0 spiro atoms. The lowest BCUT2D eigenvalue weighted by Gasteiger charge is -2.17. The van der Waals surface area contributed by atoms with Crippen LogP contribution in [0, 0.1) is 13.8 Å². The number of nitrogens with zero attached hydrogens (tertiary/aromatic N) is 1. The maximum absolute atomic E-state index is 12.5. The fourth-order valence-corrected chi connectivity index (χ4v) is 3.50. The third-order valence-corrected chi connectivity index (χ3v) is 5.98. The van der Waals surface area contributed by atoms with Gasteiger partial charge >= 0.3 is 0 Å². The van der Waals surface area contributed by atoms with Crippen molar-refractivity contribution in [3.63, 3.8) is 0 Å². The van der Waals surface area contributed by atoms with Crippen molar-refractivity contribution < 1.29 is 22.8 Å². The quantitative estimate of drug-likeness (QED) is 0.550. The lowest BCUT2D eigenvalue weighted by Crippen LogP contribution is -2.49. The van der Waals surface area contributed by atoms with E-state index >= 15 is 0 Å². The Labute approximate surface area is 175 Å². The fraction of sp³-hybridized carbons (Fsp3) is 0.250. The number of likely N-dealkylation sites (N-methyl/N-ethyl adjacent to an activating group) is 1. The summed E-state index contributed by atoms with van der Waals surface area (Å²) in [6.07, 6.45) is 0. The van der Waals surface area contributed by atoms with Crippen molar-refractivity contribution in [1.82, 2.24) is 20.5 Å². The molecule has 2 rings (SSSR count). The van der Waals surface area contributed by atoms with Crippen LogP contribution in [-0.4, -0.2) is 50.6 Å². The highest BCUT2D eigenvalue weighted by molar-refractivity contribution is 7.89. The van der Waals surface area contributed by atoms with Crippen LogP contribution in [-0.2, 0) is 19.6 Å². The molecule has 0 radical (unpaired) electrons. The van der Waals surface area contributed by atoms with E-state index in [1.807, 2.05) is 13.8 Å². The normalized spacial score (nSPS) is 11.1. The van der Waals surface area contributed by atoms with Crippen molar-refractivity contribution in [1.29, 1.82) is 0 Å². The van der Waals surface area contributed by atoms with E-state index in [4.69, 9.17) is 0 Å². The summed E-state index contributed by atoms with van der Waals surface area (Å²) in [4.78, 5) is 35.8. The number of sulfonamides is 1. The molecule has 30 heavy (non-hydrogen) atoms. The van der Waals surface area contributed by atoms with Gasteiger partial charge in [-0.25, -0.2) is 8.42 Å². The maximum Gasteiger partial charge on any atom is 0.257 e. The summed E-state index contributed by atoms with van der Waals surface area (Å²) in [7, 11) is -2.58. The number of hydrogen-bond acceptors (Lipinski definition) is 5. The molecule has 0 aliphatic heterocycles. The fourth-order valence-electron chi connectivity index (χ4n) is 2.37. The number of benzene rings is 2. The molecule has 2 aromatic rings. The van der Waals surface area contributed by atoms with Crippen LogP contribution in [0.25, 0.3) is 0 Å². The number of amides is 3. The van der Waals surface area contributed by atoms with E-state index in [1.165, 1.54) is 19.2 Å². The van der Waals surface area contributed by atoms with Crippen LogP contribution >= 0.6 is 0 Å². The molecule has 0 aliphatic rings. The Morgan fingerprint density at radius 2 is 1.33 bits per heavy atom. The molecule has 0 fully saturated rings. The van der Waals surface area contributed by atoms with Crippen molar-refractivity contribution in [3.05, 3.63) is 65.2 Å². The van der Waals surface area contributed by atoms with E-state index in [-0.39, 0.29) is 11.4 Å². The second-order valence-electron chi connectivity index (χ2n) is 6.72. The smallest absolute Gasteiger partial charge is 0.257 e. The monoisotopic (exact) mass is 432 g/mol. The molecule has 0 unspecified atom stereocenters. The van der Waals surface area contributed by atoms with Crippen LogP contribution in [0.3, 0.4) is 0 Å². The lowest BCUT2D eigenvalue weighted by molar-refractivity contribution is -0.128. The van der Waals surface area contributed by atoms with E-state index < -0.39 is 34.3 Å². The summed E-state index contributed by atoms with van der Waals surface area (Å²) in [5, 5.41) is 2.42. The van der Waals surface area contributed by atoms with Crippen molar-refractivity contribution in [2.75, 3.05) is 20.1 Å². The zero-order valence-electron chi connectivity index (χ0n) is 16.9. The summed E-state index contributed by atoms with van der Waals surface area (Å²) >= 11 is 0. The molecule has 0 heterocycles. The highest BCUT2D eigenvalue weighted by atomic mass is 32.2. The molecular weight excluding hydrogens is 408 g/mol. The van der Waals surface area contributed by atoms with Crippen LogP contribution < -0.4 is 16.2 Å². The SMILES string of the molecule is Cc1ccc(C(=O)NCC(=O)NNC(=O)CN(C)S(=O)(=O)c2ccc(C)cc2)cc1. The first-order valence-electron chi connectivity index (χ1n) is 9.05. The zero-order chi connectivity index (χ0) is 22.3. The topological polar surface area (TPSA) is 125 Å². The summed E-state index contributed by atoms with van der Waals surface area (Å²) < 4.78 is 25.8.